The second kappa shape index (κ2) is 9.31. The van der Waals surface area contributed by atoms with Crippen LogP contribution in [0.2, 0.25) is 0 Å². The first-order valence-corrected chi connectivity index (χ1v) is 10.3. The molecule has 0 bridgehead atoms. The number of ether oxygens (including phenoxy) is 2. The fourth-order valence-corrected chi connectivity index (χ4v) is 3.54. The van der Waals surface area contributed by atoms with Crippen molar-refractivity contribution in [3.63, 3.8) is 0 Å². The predicted octanol–water partition coefficient (Wildman–Crippen LogP) is 5.35. The van der Waals surface area contributed by atoms with Gasteiger partial charge in [0.2, 0.25) is 0 Å². The Kier molecular flexibility index (Phi) is 6.14. The predicted molar refractivity (Wildman–Crippen MR) is 121 cm³/mol. The van der Waals surface area contributed by atoms with Gasteiger partial charge in [0.1, 0.15) is 18.1 Å². The Morgan fingerprint density at radius 2 is 1.37 bits per heavy atom. The van der Waals surface area contributed by atoms with Gasteiger partial charge in [0.15, 0.2) is 6.10 Å². The second-order valence-electron chi connectivity index (χ2n) is 7.11. The lowest BCUT2D eigenvalue weighted by molar-refractivity contribution is -0.128. The van der Waals surface area contributed by atoms with E-state index in [1.807, 2.05) is 79.7 Å². The minimum atomic E-state index is -0.548. The number of nitrogens with one attached hydrogen (secondary N) is 1. The number of hydrogen-bond donors (Lipinski definition) is 1. The fraction of sp³-hybridized carbons (Fsp3) is 0.192. The summed E-state index contributed by atoms with van der Waals surface area (Å²) in [5, 5.41) is 7.23. The normalized spacial score (nSPS) is 11.9. The molecule has 0 saturated carbocycles. The van der Waals surface area contributed by atoms with E-state index in [2.05, 4.69) is 17.4 Å². The van der Waals surface area contributed by atoms with Gasteiger partial charge < -0.3 is 14.8 Å². The lowest BCUT2D eigenvalue weighted by atomic mass is 10.1. The molecule has 0 heterocycles. The van der Waals surface area contributed by atoms with E-state index in [1.54, 1.807) is 0 Å². The molecule has 30 heavy (non-hydrogen) atoms. The van der Waals surface area contributed by atoms with Crippen molar-refractivity contribution in [3.8, 4) is 11.5 Å². The molecular weight excluding hydrogens is 374 g/mol. The van der Waals surface area contributed by atoms with Crippen LogP contribution in [0.5, 0.6) is 11.5 Å². The number of fused-ring (bicyclic) bond motifs is 2. The molecule has 1 unspecified atom stereocenters. The van der Waals surface area contributed by atoms with Gasteiger partial charge in [0.25, 0.3) is 5.91 Å². The van der Waals surface area contributed by atoms with Crippen molar-refractivity contribution in [1.82, 2.24) is 5.32 Å². The standard InChI is InChI=1S/C26H25NO3/c1-2-23(30-25-16-8-12-20-10-4-6-14-22(20)25)26(28)27-17-18-29-24-15-7-11-19-9-3-5-13-21(19)24/h3-16,23H,2,17-18H2,1H3,(H,27,28). The molecule has 0 radical (unpaired) electrons. The summed E-state index contributed by atoms with van der Waals surface area (Å²) in [5.74, 6) is 1.41. The van der Waals surface area contributed by atoms with Crippen LogP contribution in [0.1, 0.15) is 13.3 Å². The van der Waals surface area contributed by atoms with E-state index in [-0.39, 0.29) is 5.91 Å². The lowest BCUT2D eigenvalue weighted by Gasteiger charge is -2.18. The van der Waals surface area contributed by atoms with Gasteiger partial charge in [-0.05, 0) is 29.3 Å². The minimum Gasteiger partial charge on any atom is -0.491 e. The number of carbonyl (C=O) groups excluding carboxylic acids is 1. The van der Waals surface area contributed by atoms with Crippen LogP contribution < -0.4 is 14.8 Å². The van der Waals surface area contributed by atoms with E-state index in [0.29, 0.717) is 19.6 Å². The van der Waals surface area contributed by atoms with Gasteiger partial charge in [-0.15, -0.1) is 0 Å². The largest absolute Gasteiger partial charge is 0.491 e. The summed E-state index contributed by atoms with van der Waals surface area (Å²) in [6, 6.07) is 28.0. The van der Waals surface area contributed by atoms with Gasteiger partial charge in [-0.2, -0.15) is 0 Å². The molecular formula is C26H25NO3. The Labute approximate surface area is 176 Å². The van der Waals surface area contributed by atoms with Crippen molar-refractivity contribution in [3.05, 3.63) is 84.9 Å². The van der Waals surface area contributed by atoms with Crippen molar-refractivity contribution >= 4 is 27.5 Å². The van der Waals surface area contributed by atoms with Crippen LogP contribution in [0.3, 0.4) is 0 Å². The zero-order chi connectivity index (χ0) is 20.8. The van der Waals surface area contributed by atoms with Gasteiger partial charge in [-0.25, -0.2) is 0 Å². The molecule has 1 atom stereocenters. The van der Waals surface area contributed by atoms with Crippen molar-refractivity contribution in [2.75, 3.05) is 13.2 Å². The average Bonchev–Trinajstić information content (AvgIpc) is 2.80. The SMILES string of the molecule is CCC(Oc1cccc2ccccc12)C(=O)NCCOc1cccc2ccccc12. The monoisotopic (exact) mass is 399 g/mol. The first-order valence-electron chi connectivity index (χ1n) is 10.3. The van der Waals surface area contributed by atoms with Crippen molar-refractivity contribution < 1.29 is 14.3 Å². The molecule has 0 aliphatic heterocycles. The number of carbonyl (C=O) groups is 1. The average molecular weight is 399 g/mol. The fourth-order valence-electron chi connectivity index (χ4n) is 3.54. The molecule has 4 nitrogen and oxygen atoms in total. The van der Waals surface area contributed by atoms with E-state index < -0.39 is 6.10 Å². The molecule has 0 saturated heterocycles. The highest BCUT2D eigenvalue weighted by molar-refractivity contribution is 5.89. The van der Waals surface area contributed by atoms with Crippen LogP contribution in [0.25, 0.3) is 21.5 Å². The highest BCUT2D eigenvalue weighted by atomic mass is 16.5. The number of benzene rings is 4. The zero-order valence-corrected chi connectivity index (χ0v) is 17.0. The Morgan fingerprint density at radius 3 is 2.03 bits per heavy atom. The third-order valence-corrected chi connectivity index (χ3v) is 5.09. The van der Waals surface area contributed by atoms with Crippen LogP contribution in [0.15, 0.2) is 84.9 Å². The van der Waals surface area contributed by atoms with Crippen molar-refractivity contribution in [1.29, 1.82) is 0 Å². The Bertz CT molecular complexity index is 1140. The molecule has 1 N–H and O–H groups in total. The summed E-state index contributed by atoms with van der Waals surface area (Å²) in [6.07, 6.45) is 0.0348. The van der Waals surface area contributed by atoms with E-state index in [9.17, 15) is 4.79 Å². The second-order valence-corrected chi connectivity index (χ2v) is 7.11. The van der Waals surface area contributed by atoms with Crippen LogP contribution in [-0.2, 0) is 4.79 Å². The summed E-state index contributed by atoms with van der Waals surface area (Å²) in [4.78, 5) is 12.6. The molecule has 0 aromatic heterocycles. The van der Waals surface area contributed by atoms with E-state index in [0.717, 1.165) is 33.0 Å². The lowest BCUT2D eigenvalue weighted by Crippen LogP contribution is -2.39. The molecule has 0 fully saturated rings. The van der Waals surface area contributed by atoms with E-state index in [1.165, 1.54) is 0 Å². The first kappa shape index (κ1) is 19.8. The molecule has 152 valence electrons. The van der Waals surface area contributed by atoms with Crippen LogP contribution in [-0.4, -0.2) is 25.2 Å². The molecule has 4 heteroatoms. The quantitative estimate of drug-likeness (QED) is 0.407. The van der Waals surface area contributed by atoms with Gasteiger partial charge in [0.05, 0.1) is 6.54 Å². The van der Waals surface area contributed by atoms with Crippen molar-refractivity contribution in [2.24, 2.45) is 0 Å². The molecule has 1 amide bonds. The Hall–Kier alpha value is -3.53. The zero-order valence-electron chi connectivity index (χ0n) is 17.0. The maximum Gasteiger partial charge on any atom is 0.261 e. The third kappa shape index (κ3) is 4.38. The topological polar surface area (TPSA) is 47.6 Å². The molecule has 4 rings (SSSR count). The molecule has 4 aromatic carbocycles. The highest BCUT2D eigenvalue weighted by Gasteiger charge is 2.19. The van der Waals surface area contributed by atoms with Crippen molar-refractivity contribution in [2.45, 2.75) is 19.4 Å². The number of rotatable bonds is 8. The first-order chi connectivity index (χ1) is 14.8. The van der Waals surface area contributed by atoms with Gasteiger partial charge in [-0.3, -0.25) is 4.79 Å². The molecule has 4 aromatic rings. The summed E-state index contributed by atoms with van der Waals surface area (Å²) in [6.45, 7) is 2.75. The Balaban J connectivity index is 1.34. The molecule has 0 spiro atoms. The summed E-state index contributed by atoms with van der Waals surface area (Å²) in [5.41, 5.74) is 0. The summed E-state index contributed by atoms with van der Waals surface area (Å²) in [7, 11) is 0. The molecule has 0 aliphatic rings. The van der Waals surface area contributed by atoms with Gasteiger partial charge >= 0.3 is 0 Å². The van der Waals surface area contributed by atoms with Gasteiger partial charge in [-0.1, -0.05) is 79.7 Å². The minimum absolute atomic E-state index is 0.132. The highest BCUT2D eigenvalue weighted by Crippen LogP contribution is 2.27. The van der Waals surface area contributed by atoms with Crippen LogP contribution in [0.4, 0.5) is 0 Å². The van der Waals surface area contributed by atoms with Gasteiger partial charge in [0, 0.05) is 10.8 Å². The molecule has 0 aliphatic carbocycles. The summed E-state index contributed by atoms with van der Waals surface area (Å²) >= 11 is 0. The third-order valence-electron chi connectivity index (χ3n) is 5.09. The number of amides is 1. The maximum absolute atomic E-state index is 12.6. The van der Waals surface area contributed by atoms with Crippen LogP contribution in [0, 0.1) is 0 Å². The number of hydrogen-bond acceptors (Lipinski definition) is 3. The smallest absolute Gasteiger partial charge is 0.261 e. The van der Waals surface area contributed by atoms with Crippen LogP contribution >= 0.6 is 0 Å². The van der Waals surface area contributed by atoms with E-state index >= 15 is 0 Å². The Morgan fingerprint density at radius 1 is 0.800 bits per heavy atom. The summed E-state index contributed by atoms with van der Waals surface area (Å²) < 4.78 is 12.0. The maximum atomic E-state index is 12.6. The van der Waals surface area contributed by atoms with E-state index in [4.69, 9.17) is 9.47 Å².